The third-order valence-electron chi connectivity index (χ3n) is 3.60. The number of carbonyl (C=O) groups is 1. The number of carboxylic acid groups (broad SMARTS) is 1. The van der Waals surface area contributed by atoms with Gasteiger partial charge in [-0.05, 0) is 49.4 Å². The fraction of sp³-hybridized carbons (Fsp3) is 0.533. The van der Waals surface area contributed by atoms with E-state index < -0.39 is 5.97 Å². The van der Waals surface area contributed by atoms with Crippen molar-refractivity contribution in [3.63, 3.8) is 0 Å². The predicted octanol–water partition coefficient (Wildman–Crippen LogP) is 2.29. The smallest absolute Gasteiger partial charge is 0.335 e. The summed E-state index contributed by atoms with van der Waals surface area (Å²) in [4.78, 5) is 10.7. The molecule has 1 aliphatic rings. The number of hydrogen-bond acceptors (Lipinski definition) is 3. The van der Waals surface area contributed by atoms with Crippen molar-refractivity contribution >= 4 is 5.97 Å². The Morgan fingerprint density at radius 1 is 1.26 bits per heavy atom. The third kappa shape index (κ3) is 4.65. The molecule has 0 amide bonds. The highest BCUT2D eigenvalue weighted by Gasteiger charge is 2.12. The summed E-state index contributed by atoms with van der Waals surface area (Å²) < 4.78 is 5.34. The van der Waals surface area contributed by atoms with Gasteiger partial charge in [0.05, 0.1) is 5.56 Å². The molecule has 2 rings (SSSR count). The first kappa shape index (κ1) is 14.0. The van der Waals surface area contributed by atoms with Gasteiger partial charge in [0.15, 0.2) is 0 Å². The molecule has 1 aromatic carbocycles. The molecule has 0 unspecified atom stereocenters. The SMILES string of the molecule is O=C(O)c1ccc(CNCCC2CCOCC2)cc1. The van der Waals surface area contributed by atoms with E-state index in [0.29, 0.717) is 5.56 Å². The van der Waals surface area contributed by atoms with Crippen LogP contribution >= 0.6 is 0 Å². The van der Waals surface area contributed by atoms with E-state index in [0.717, 1.165) is 37.8 Å². The summed E-state index contributed by atoms with van der Waals surface area (Å²) in [7, 11) is 0. The lowest BCUT2D eigenvalue weighted by Crippen LogP contribution is -2.22. The van der Waals surface area contributed by atoms with Crippen molar-refractivity contribution in [1.29, 1.82) is 0 Å². The molecule has 2 N–H and O–H groups in total. The van der Waals surface area contributed by atoms with E-state index in [-0.39, 0.29) is 0 Å². The second-order valence-electron chi connectivity index (χ2n) is 5.02. The second kappa shape index (κ2) is 7.26. The van der Waals surface area contributed by atoms with E-state index in [2.05, 4.69) is 5.32 Å². The van der Waals surface area contributed by atoms with Crippen LogP contribution in [0.2, 0.25) is 0 Å². The van der Waals surface area contributed by atoms with Crippen molar-refractivity contribution in [2.75, 3.05) is 19.8 Å². The van der Waals surface area contributed by atoms with Crippen LogP contribution < -0.4 is 5.32 Å². The van der Waals surface area contributed by atoms with Crippen LogP contribution in [-0.2, 0) is 11.3 Å². The molecule has 0 bridgehead atoms. The zero-order chi connectivity index (χ0) is 13.5. The summed E-state index contributed by atoms with van der Waals surface area (Å²) in [5.74, 6) is -0.0883. The Kier molecular flexibility index (Phi) is 5.36. The van der Waals surface area contributed by atoms with Gasteiger partial charge in [-0.15, -0.1) is 0 Å². The second-order valence-corrected chi connectivity index (χ2v) is 5.02. The van der Waals surface area contributed by atoms with Crippen LogP contribution in [-0.4, -0.2) is 30.8 Å². The highest BCUT2D eigenvalue weighted by Crippen LogP contribution is 2.17. The monoisotopic (exact) mass is 263 g/mol. The fourth-order valence-corrected chi connectivity index (χ4v) is 2.34. The Morgan fingerprint density at radius 2 is 1.95 bits per heavy atom. The molecule has 0 radical (unpaired) electrons. The quantitative estimate of drug-likeness (QED) is 0.773. The van der Waals surface area contributed by atoms with Gasteiger partial charge < -0.3 is 15.2 Å². The van der Waals surface area contributed by atoms with Crippen molar-refractivity contribution in [1.82, 2.24) is 5.32 Å². The Balaban J connectivity index is 1.66. The van der Waals surface area contributed by atoms with E-state index in [1.165, 1.54) is 19.3 Å². The van der Waals surface area contributed by atoms with Crippen molar-refractivity contribution in [2.24, 2.45) is 5.92 Å². The van der Waals surface area contributed by atoms with Gasteiger partial charge in [-0.2, -0.15) is 0 Å². The van der Waals surface area contributed by atoms with Crippen LogP contribution in [0.4, 0.5) is 0 Å². The number of rotatable bonds is 6. The minimum Gasteiger partial charge on any atom is -0.478 e. The summed E-state index contributed by atoms with van der Waals surface area (Å²) in [5, 5.41) is 12.2. The van der Waals surface area contributed by atoms with Crippen LogP contribution in [0.5, 0.6) is 0 Å². The maximum atomic E-state index is 10.7. The van der Waals surface area contributed by atoms with Crippen LogP contribution in [0.25, 0.3) is 0 Å². The number of ether oxygens (including phenoxy) is 1. The average Bonchev–Trinajstić information content (AvgIpc) is 2.45. The number of carboxylic acids is 1. The molecular formula is C15H21NO3. The van der Waals surface area contributed by atoms with E-state index in [9.17, 15) is 4.79 Å². The maximum absolute atomic E-state index is 10.7. The number of nitrogens with one attached hydrogen (secondary N) is 1. The molecule has 0 aromatic heterocycles. The van der Waals surface area contributed by atoms with E-state index in [1.54, 1.807) is 12.1 Å². The van der Waals surface area contributed by atoms with Crippen LogP contribution in [0.1, 0.15) is 35.2 Å². The molecule has 1 fully saturated rings. The highest BCUT2D eigenvalue weighted by molar-refractivity contribution is 5.87. The average molecular weight is 263 g/mol. The standard InChI is InChI=1S/C15H21NO3/c17-15(18)14-3-1-13(2-4-14)11-16-8-5-12-6-9-19-10-7-12/h1-4,12,16H,5-11H2,(H,17,18). The van der Waals surface area contributed by atoms with Crippen LogP contribution in [0.3, 0.4) is 0 Å². The molecule has 0 spiro atoms. The summed E-state index contributed by atoms with van der Waals surface area (Å²) in [6.07, 6.45) is 3.54. The Bertz CT molecular complexity index is 396. The molecule has 1 saturated heterocycles. The summed E-state index contributed by atoms with van der Waals surface area (Å²) in [5.41, 5.74) is 1.46. The lowest BCUT2D eigenvalue weighted by atomic mass is 9.97. The van der Waals surface area contributed by atoms with E-state index in [4.69, 9.17) is 9.84 Å². The summed E-state index contributed by atoms with van der Waals surface area (Å²) in [6, 6.07) is 7.03. The van der Waals surface area contributed by atoms with Gasteiger partial charge in [0.2, 0.25) is 0 Å². The molecule has 4 heteroatoms. The Labute approximate surface area is 113 Å². The first-order valence-electron chi connectivity index (χ1n) is 6.86. The largest absolute Gasteiger partial charge is 0.478 e. The molecule has 1 aromatic rings. The molecule has 4 nitrogen and oxygen atoms in total. The van der Waals surface area contributed by atoms with E-state index >= 15 is 0 Å². The molecule has 19 heavy (non-hydrogen) atoms. The zero-order valence-electron chi connectivity index (χ0n) is 11.1. The normalized spacial score (nSPS) is 16.4. The molecule has 104 valence electrons. The first-order valence-corrected chi connectivity index (χ1v) is 6.86. The molecule has 0 saturated carbocycles. The van der Waals surface area contributed by atoms with Crippen LogP contribution in [0.15, 0.2) is 24.3 Å². The van der Waals surface area contributed by atoms with Gasteiger partial charge in [0.25, 0.3) is 0 Å². The van der Waals surface area contributed by atoms with Crippen LogP contribution in [0, 0.1) is 5.92 Å². The molecule has 1 heterocycles. The summed E-state index contributed by atoms with van der Waals surface area (Å²) >= 11 is 0. The Morgan fingerprint density at radius 3 is 2.58 bits per heavy atom. The lowest BCUT2D eigenvalue weighted by molar-refractivity contribution is 0.0639. The topological polar surface area (TPSA) is 58.6 Å². The lowest BCUT2D eigenvalue weighted by Gasteiger charge is -2.21. The van der Waals surface area contributed by atoms with Crippen molar-refractivity contribution < 1.29 is 14.6 Å². The molecule has 0 aliphatic carbocycles. The van der Waals surface area contributed by atoms with Crippen molar-refractivity contribution in [3.8, 4) is 0 Å². The number of aromatic carboxylic acids is 1. The van der Waals surface area contributed by atoms with Gasteiger partial charge in [-0.25, -0.2) is 4.79 Å². The van der Waals surface area contributed by atoms with Gasteiger partial charge in [-0.3, -0.25) is 0 Å². The zero-order valence-corrected chi connectivity index (χ0v) is 11.1. The highest BCUT2D eigenvalue weighted by atomic mass is 16.5. The summed E-state index contributed by atoms with van der Waals surface area (Å²) in [6.45, 7) is 3.61. The molecule has 0 atom stereocenters. The molecular weight excluding hydrogens is 242 g/mol. The van der Waals surface area contributed by atoms with Gasteiger partial charge in [0, 0.05) is 19.8 Å². The van der Waals surface area contributed by atoms with Gasteiger partial charge in [0.1, 0.15) is 0 Å². The predicted molar refractivity (Wildman–Crippen MR) is 73.3 cm³/mol. The van der Waals surface area contributed by atoms with Gasteiger partial charge in [-0.1, -0.05) is 12.1 Å². The minimum absolute atomic E-state index is 0.339. The van der Waals surface area contributed by atoms with E-state index in [1.807, 2.05) is 12.1 Å². The van der Waals surface area contributed by atoms with Crippen molar-refractivity contribution in [2.45, 2.75) is 25.8 Å². The Hall–Kier alpha value is -1.39. The minimum atomic E-state index is -0.876. The fourth-order valence-electron chi connectivity index (χ4n) is 2.34. The number of hydrogen-bond donors (Lipinski definition) is 2. The third-order valence-corrected chi connectivity index (χ3v) is 3.60. The van der Waals surface area contributed by atoms with Gasteiger partial charge >= 0.3 is 5.97 Å². The first-order chi connectivity index (χ1) is 9.25. The maximum Gasteiger partial charge on any atom is 0.335 e. The molecule has 1 aliphatic heterocycles. The van der Waals surface area contributed by atoms with Crippen molar-refractivity contribution in [3.05, 3.63) is 35.4 Å². The number of benzene rings is 1.